The minimum absolute atomic E-state index is 0.00583. The lowest BCUT2D eigenvalue weighted by atomic mass is 10.1. The van der Waals surface area contributed by atoms with Gasteiger partial charge in [0, 0.05) is 16.8 Å². The summed E-state index contributed by atoms with van der Waals surface area (Å²) in [6, 6.07) is 13.3. The number of hydrazone groups is 1. The van der Waals surface area contributed by atoms with Gasteiger partial charge in [0.05, 0.1) is 5.69 Å². The molecule has 1 fully saturated rings. The van der Waals surface area contributed by atoms with Crippen LogP contribution in [0.25, 0.3) is 0 Å². The van der Waals surface area contributed by atoms with Gasteiger partial charge in [0.25, 0.3) is 11.8 Å². The van der Waals surface area contributed by atoms with Crippen LogP contribution in [0.5, 0.6) is 0 Å². The van der Waals surface area contributed by atoms with Crippen molar-refractivity contribution in [1.82, 2.24) is 10.7 Å². The number of nitrogens with one attached hydrogen (secondary N) is 2. The molecule has 0 aliphatic carbocycles. The molecule has 0 bridgehead atoms. The molecular weight excluding hydrogens is 400 g/mol. The molecule has 2 aromatic carbocycles. The van der Waals surface area contributed by atoms with Crippen LogP contribution in [0.2, 0.25) is 5.02 Å². The van der Waals surface area contributed by atoms with E-state index in [1.54, 1.807) is 24.3 Å². The Morgan fingerprint density at radius 1 is 1.18 bits per heavy atom. The standard InChI is InChI=1S/C19H15ClN4O3S/c1-11-2-8-14(9-3-11)24-18(27)15(17(26)22-19(24)28)10-21-23-16(25)12-4-6-13(20)7-5-12/h2-10,15H,1H3,(H,23,25)(H,22,26,28)/b21-10+/t15-/m0/s1. The molecule has 3 rings (SSSR count). The molecule has 142 valence electrons. The molecule has 1 aliphatic heterocycles. The first-order valence-electron chi connectivity index (χ1n) is 8.21. The molecule has 7 nitrogen and oxygen atoms in total. The molecule has 2 N–H and O–H groups in total. The van der Waals surface area contributed by atoms with E-state index in [2.05, 4.69) is 15.8 Å². The smallest absolute Gasteiger partial charge is 0.271 e. The monoisotopic (exact) mass is 414 g/mol. The number of anilines is 1. The Morgan fingerprint density at radius 2 is 1.82 bits per heavy atom. The van der Waals surface area contributed by atoms with Crippen LogP contribution in [0.1, 0.15) is 15.9 Å². The van der Waals surface area contributed by atoms with E-state index in [1.165, 1.54) is 17.0 Å². The Bertz CT molecular complexity index is 974. The third-order valence-corrected chi connectivity index (χ3v) is 4.53. The summed E-state index contributed by atoms with van der Waals surface area (Å²) in [5.41, 5.74) is 4.17. The van der Waals surface area contributed by atoms with E-state index in [9.17, 15) is 14.4 Å². The van der Waals surface area contributed by atoms with E-state index in [-0.39, 0.29) is 5.11 Å². The summed E-state index contributed by atoms with van der Waals surface area (Å²) < 4.78 is 0. The van der Waals surface area contributed by atoms with Gasteiger partial charge in [0.15, 0.2) is 11.0 Å². The number of thiocarbonyl (C=S) groups is 1. The van der Waals surface area contributed by atoms with Gasteiger partial charge in [0.2, 0.25) is 5.91 Å². The molecule has 1 heterocycles. The van der Waals surface area contributed by atoms with Gasteiger partial charge in [0.1, 0.15) is 0 Å². The molecule has 0 unspecified atom stereocenters. The minimum atomic E-state index is -1.22. The van der Waals surface area contributed by atoms with Gasteiger partial charge in [-0.3, -0.25) is 19.3 Å². The zero-order valence-corrected chi connectivity index (χ0v) is 16.3. The number of halogens is 1. The van der Waals surface area contributed by atoms with E-state index in [1.807, 2.05) is 19.1 Å². The number of hydrogen-bond donors (Lipinski definition) is 2. The number of hydrogen-bond acceptors (Lipinski definition) is 5. The highest BCUT2D eigenvalue weighted by Gasteiger charge is 2.38. The van der Waals surface area contributed by atoms with Gasteiger partial charge in [-0.15, -0.1) is 0 Å². The van der Waals surface area contributed by atoms with Crippen LogP contribution in [0, 0.1) is 12.8 Å². The summed E-state index contributed by atoms with van der Waals surface area (Å²) in [4.78, 5) is 38.2. The number of carbonyl (C=O) groups excluding carboxylic acids is 3. The highest BCUT2D eigenvalue weighted by Crippen LogP contribution is 2.20. The number of benzene rings is 2. The Hall–Kier alpha value is -3.10. The van der Waals surface area contributed by atoms with Crippen molar-refractivity contribution in [1.29, 1.82) is 0 Å². The third-order valence-electron chi connectivity index (χ3n) is 3.99. The van der Waals surface area contributed by atoms with Crippen LogP contribution < -0.4 is 15.6 Å². The SMILES string of the molecule is Cc1ccc(N2C(=O)[C@@H](/C=N/NC(=O)c3ccc(Cl)cc3)C(=O)NC2=S)cc1. The zero-order chi connectivity index (χ0) is 20.3. The summed E-state index contributed by atoms with van der Waals surface area (Å²) in [6.45, 7) is 1.92. The Balaban J connectivity index is 1.74. The Kier molecular flexibility index (Phi) is 5.81. The normalized spacial score (nSPS) is 17.0. The highest BCUT2D eigenvalue weighted by molar-refractivity contribution is 7.80. The fourth-order valence-corrected chi connectivity index (χ4v) is 2.92. The second-order valence-corrected chi connectivity index (χ2v) is 6.83. The van der Waals surface area contributed by atoms with E-state index in [4.69, 9.17) is 23.8 Å². The number of aryl methyl sites for hydroxylation is 1. The largest absolute Gasteiger partial charge is 0.301 e. The van der Waals surface area contributed by atoms with Crippen molar-refractivity contribution in [3.63, 3.8) is 0 Å². The van der Waals surface area contributed by atoms with Crippen molar-refractivity contribution < 1.29 is 14.4 Å². The van der Waals surface area contributed by atoms with Gasteiger partial charge in [-0.25, -0.2) is 5.43 Å². The van der Waals surface area contributed by atoms with Gasteiger partial charge >= 0.3 is 0 Å². The quantitative estimate of drug-likeness (QED) is 0.348. The second kappa shape index (κ2) is 8.28. The maximum Gasteiger partial charge on any atom is 0.271 e. The van der Waals surface area contributed by atoms with Crippen molar-refractivity contribution in [2.75, 3.05) is 4.90 Å². The molecule has 0 spiro atoms. The van der Waals surface area contributed by atoms with E-state index in [0.29, 0.717) is 16.3 Å². The van der Waals surface area contributed by atoms with E-state index in [0.717, 1.165) is 11.8 Å². The van der Waals surface area contributed by atoms with Crippen molar-refractivity contribution in [3.8, 4) is 0 Å². The molecule has 0 saturated carbocycles. The van der Waals surface area contributed by atoms with Crippen molar-refractivity contribution >= 4 is 58.6 Å². The van der Waals surface area contributed by atoms with Crippen LogP contribution in [0.15, 0.2) is 53.6 Å². The summed E-state index contributed by atoms with van der Waals surface area (Å²) in [5.74, 6) is -2.88. The number of carbonyl (C=O) groups is 3. The number of rotatable bonds is 4. The van der Waals surface area contributed by atoms with E-state index < -0.39 is 23.6 Å². The third kappa shape index (κ3) is 4.24. The van der Waals surface area contributed by atoms with Crippen molar-refractivity contribution in [3.05, 3.63) is 64.7 Å². The van der Waals surface area contributed by atoms with Crippen LogP contribution in [-0.4, -0.2) is 29.0 Å². The lowest BCUT2D eigenvalue weighted by Gasteiger charge is -2.30. The topological polar surface area (TPSA) is 90.9 Å². The number of amides is 3. The maximum atomic E-state index is 12.8. The Labute approximate surface area is 171 Å². The maximum absolute atomic E-state index is 12.8. The van der Waals surface area contributed by atoms with E-state index >= 15 is 0 Å². The van der Waals surface area contributed by atoms with Crippen molar-refractivity contribution in [2.24, 2.45) is 11.0 Å². The molecule has 1 atom stereocenters. The van der Waals surface area contributed by atoms with Gasteiger partial charge in [-0.1, -0.05) is 29.3 Å². The average Bonchev–Trinajstić information content (AvgIpc) is 2.66. The van der Waals surface area contributed by atoms with Crippen LogP contribution in [0.3, 0.4) is 0 Å². The van der Waals surface area contributed by atoms with Crippen molar-refractivity contribution in [2.45, 2.75) is 6.92 Å². The Morgan fingerprint density at radius 3 is 2.46 bits per heavy atom. The summed E-state index contributed by atoms with van der Waals surface area (Å²) in [6.07, 6.45) is 1.08. The fourth-order valence-electron chi connectivity index (χ4n) is 2.50. The van der Waals surface area contributed by atoms with Crippen LogP contribution in [0.4, 0.5) is 5.69 Å². The minimum Gasteiger partial charge on any atom is -0.301 e. The molecule has 2 aromatic rings. The van der Waals surface area contributed by atoms with Gasteiger partial charge in [-0.05, 0) is 55.5 Å². The average molecular weight is 415 g/mol. The predicted molar refractivity (Wildman–Crippen MR) is 110 cm³/mol. The molecule has 9 heteroatoms. The predicted octanol–water partition coefficient (Wildman–Crippen LogP) is 2.43. The lowest BCUT2D eigenvalue weighted by Crippen LogP contribution is -2.58. The van der Waals surface area contributed by atoms with Crippen LogP contribution in [-0.2, 0) is 9.59 Å². The summed E-state index contributed by atoms with van der Waals surface area (Å²) >= 11 is 10.9. The first-order chi connectivity index (χ1) is 13.4. The zero-order valence-electron chi connectivity index (χ0n) is 14.7. The molecule has 1 saturated heterocycles. The first-order valence-corrected chi connectivity index (χ1v) is 9.00. The molecule has 3 amide bonds. The second-order valence-electron chi connectivity index (χ2n) is 6.01. The molecular formula is C19H15ClN4O3S. The van der Waals surface area contributed by atoms with Gasteiger partial charge in [-0.2, -0.15) is 5.10 Å². The molecule has 1 aliphatic rings. The molecule has 28 heavy (non-hydrogen) atoms. The molecule has 0 radical (unpaired) electrons. The highest BCUT2D eigenvalue weighted by atomic mass is 35.5. The first kappa shape index (κ1) is 19.7. The summed E-state index contributed by atoms with van der Waals surface area (Å²) in [5, 5.41) is 6.72. The van der Waals surface area contributed by atoms with Gasteiger partial charge < -0.3 is 5.32 Å². The fraction of sp³-hybridized carbons (Fsp3) is 0.105. The number of nitrogens with zero attached hydrogens (tertiary/aromatic N) is 2. The molecule has 0 aromatic heterocycles. The van der Waals surface area contributed by atoms with Crippen LogP contribution >= 0.6 is 23.8 Å². The summed E-state index contributed by atoms with van der Waals surface area (Å²) in [7, 11) is 0. The lowest BCUT2D eigenvalue weighted by molar-refractivity contribution is -0.130.